The van der Waals surface area contributed by atoms with Crippen molar-refractivity contribution < 1.29 is 4.79 Å². The molecule has 0 unspecified atom stereocenters. The summed E-state index contributed by atoms with van der Waals surface area (Å²) in [6.07, 6.45) is 5.22. The van der Waals surface area contributed by atoms with Crippen LogP contribution in [0.15, 0.2) is 30.6 Å². The number of rotatable bonds is 9. The molecule has 0 saturated heterocycles. The lowest BCUT2D eigenvalue weighted by Crippen LogP contribution is -2.27. The summed E-state index contributed by atoms with van der Waals surface area (Å²) in [4.78, 5) is 25.0. The summed E-state index contributed by atoms with van der Waals surface area (Å²) in [6, 6.07) is 6.31. The number of carbonyl (C=O) groups is 1. The zero-order valence-corrected chi connectivity index (χ0v) is 17.1. The Balaban J connectivity index is 2.07. The Kier molecular flexibility index (Phi) is 7.58. The molecule has 0 aliphatic rings. The van der Waals surface area contributed by atoms with Crippen LogP contribution in [0.25, 0.3) is 0 Å². The average molecular weight is 370 g/mol. The minimum absolute atomic E-state index is 0.0465. The Morgan fingerprint density at radius 2 is 1.78 bits per heavy atom. The Bertz CT molecular complexity index is 741. The quantitative estimate of drug-likeness (QED) is 0.716. The first kappa shape index (κ1) is 20.7. The monoisotopic (exact) mass is 369 g/mol. The van der Waals surface area contributed by atoms with Crippen LogP contribution < -0.4 is 10.2 Å². The van der Waals surface area contributed by atoms with Gasteiger partial charge in [-0.15, -0.1) is 0 Å². The highest BCUT2D eigenvalue weighted by Gasteiger charge is 2.12. The lowest BCUT2D eigenvalue weighted by atomic mass is 10.1. The van der Waals surface area contributed by atoms with E-state index in [0.717, 1.165) is 43.7 Å². The molecule has 2 aromatic rings. The number of nitrogens with one attached hydrogen (secondary N) is 1. The lowest BCUT2D eigenvalue weighted by molar-refractivity contribution is 0.0792. The van der Waals surface area contributed by atoms with Gasteiger partial charge in [0.1, 0.15) is 0 Å². The molecule has 1 heterocycles. The molecule has 6 heteroatoms. The third-order valence-corrected chi connectivity index (χ3v) is 4.68. The van der Waals surface area contributed by atoms with Crippen molar-refractivity contribution in [3.05, 3.63) is 41.7 Å². The minimum atomic E-state index is -0.0465. The van der Waals surface area contributed by atoms with E-state index in [1.54, 1.807) is 17.3 Å². The molecule has 6 nitrogen and oxygen atoms in total. The Morgan fingerprint density at radius 1 is 1.11 bits per heavy atom. The summed E-state index contributed by atoms with van der Waals surface area (Å²) in [5, 5.41) is 3.24. The predicted molar refractivity (Wildman–Crippen MR) is 112 cm³/mol. The molecule has 27 heavy (non-hydrogen) atoms. The summed E-state index contributed by atoms with van der Waals surface area (Å²) < 4.78 is 0. The Hall–Kier alpha value is -2.63. The van der Waals surface area contributed by atoms with Gasteiger partial charge in [0.25, 0.3) is 5.91 Å². The maximum atomic E-state index is 12.4. The SMILES string of the molecule is CCCCN(C)C(=O)c1cnc(Nc2ccc(N(CC)CC)cc2C)nc1. The molecule has 0 saturated carbocycles. The van der Waals surface area contributed by atoms with Crippen LogP contribution in [-0.4, -0.2) is 47.5 Å². The number of hydrogen-bond donors (Lipinski definition) is 1. The first-order chi connectivity index (χ1) is 13.0. The molecular formula is C21H31N5O. The summed E-state index contributed by atoms with van der Waals surface area (Å²) in [7, 11) is 1.81. The van der Waals surface area contributed by atoms with Gasteiger partial charge in [-0.05, 0) is 51.0 Å². The molecule has 1 N–H and O–H groups in total. The summed E-state index contributed by atoms with van der Waals surface area (Å²) in [5.41, 5.74) is 3.81. The van der Waals surface area contributed by atoms with E-state index in [2.05, 4.69) is 60.0 Å². The maximum absolute atomic E-state index is 12.4. The molecular weight excluding hydrogens is 338 g/mol. The van der Waals surface area contributed by atoms with E-state index >= 15 is 0 Å². The van der Waals surface area contributed by atoms with E-state index in [1.807, 2.05) is 13.1 Å². The molecule has 0 spiro atoms. The molecule has 146 valence electrons. The number of aromatic nitrogens is 2. The van der Waals surface area contributed by atoms with Crippen molar-refractivity contribution in [2.24, 2.45) is 0 Å². The van der Waals surface area contributed by atoms with Gasteiger partial charge in [-0.3, -0.25) is 4.79 Å². The fraction of sp³-hybridized carbons (Fsp3) is 0.476. The molecule has 0 aliphatic carbocycles. The fourth-order valence-corrected chi connectivity index (χ4v) is 2.91. The zero-order chi connectivity index (χ0) is 19.8. The van der Waals surface area contributed by atoms with Crippen molar-refractivity contribution in [3.8, 4) is 0 Å². The lowest BCUT2D eigenvalue weighted by Gasteiger charge is -2.22. The fourth-order valence-electron chi connectivity index (χ4n) is 2.91. The van der Waals surface area contributed by atoms with Gasteiger partial charge in [-0.1, -0.05) is 13.3 Å². The molecule has 0 radical (unpaired) electrons. The summed E-state index contributed by atoms with van der Waals surface area (Å²) >= 11 is 0. The summed E-state index contributed by atoms with van der Waals surface area (Å²) in [5.74, 6) is 0.441. The first-order valence-electron chi connectivity index (χ1n) is 9.70. The van der Waals surface area contributed by atoms with E-state index in [1.165, 1.54) is 5.69 Å². The second kappa shape index (κ2) is 9.90. The van der Waals surface area contributed by atoms with Crippen LogP contribution in [-0.2, 0) is 0 Å². The highest BCUT2D eigenvalue weighted by molar-refractivity contribution is 5.93. The largest absolute Gasteiger partial charge is 0.372 e. The van der Waals surface area contributed by atoms with Crippen LogP contribution >= 0.6 is 0 Å². The summed E-state index contributed by atoms with van der Waals surface area (Å²) in [6.45, 7) is 11.2. The highest BCUT2D eigenvalue weighted by atomic mass is 16.2. The normalized spacial score (nSPS) is 10.6. The van der Waals surface area contributed by atoms with Crippen LogP contribution in [0.2, 0.25) is 0 Å². The van der Waals surface area contributed by atoms with Gasteiger partial charge in [-0.2, -0.15) is 0 Å². The minimum Gasteiger partial charge on any atom is -0.372 e. The van der Waals surface area contributed by atoms with Gasteiger partial charge in [0, 0.05) is 50.5 Å². The third kappa shape index (κ3) is 5.42. The van der Waals surface area contributed by atoms with Crippen LogP contribution in [0.5, 0.6) is 0 Å². The molecule has 1 amide bonds. The van der Waals surface area contributed by atoms with Gasteiger partial charge in [-0.25, -0.2) is 9.97 Å². The van der Waals surface area contributed by atoms with Crippen LogP contribution in [0.4, 0.5) is 17.3 Å². The van der Waals surface area contributed by atoms with E-state index in [-0.39, 0.29) is 5.91 Å². The average Bonchev–Trinajstić information content (AvgIpc) is 2.69. The molecule has 0 aliphatic heterocycles. The molecule has 0 fully saturated rings. The van der Waals surface area contributed by atoms with E-state index in [4.69, 9.17) is 0 Å². The van der Waals surface area contributed by atoms with Crippen molar-refractivity contribution >= 4 is 23.2 Å². The first-order valence-corrected chi connectivity index (χ1v) is 9.70. The zero-order valence-electron chi connectivity index (χ0n) is 17.1. The van der Waals surface area contributed by atoms with Gasteiger partial charge in [0.2, 0.25) is 5.95 Å². The number of amides is 1. The number of nitrogens with zero attached hydrogens (tertiary/aromatic N) is 4. The topological polar surface area (TPSA) is 61.4 Å². The molecule has 2 rings (SSSR count). The number of hydrogen-bond acceptors (Lipinski definition) is 5. The maximum Gasteiger partial charge on any atom is 0.256 e. The van der Waals surface area contributed by atoms with E-state index < -0.39 is 0 Å². The van der Waals surface area contributed by atoms with Crippen LogP contribution in [0.1, 0.15) is 49.5 Å². The number of benzene rings is 1. The van der Waals surface area contributed by atoms with Crippen LogP contribution in [0.3, 0.4) is 0 Å². The molecule has 1 aromatic carbocycles. The highest BCUT2D eigenvalue weighted by Crippen LogP contribution is 2.24. The molecule has 0 bridgehead atoms. The Morgan fingerprint density at radius 3 is 2.33 bits per heavy atom. The third-order valence-electron chi connectivity index (χ3n) is 4.68. The number of unbranched alkanes of at least 4 members (excludes halogenated alkanes) is 1. The van der Waals surface area contributed by atoms with Crippen molar-refractivity contribution in [1.82, 2.24) is 14.9 Å². The second-order valence-electron chi connectivity index (χ2n) is 6.67. The number of carbonyl (C=O) groups excluding carboxylic acids is 1. The van der Waals surface area contributed by atoms with Crippen molar-refractivity contribution in [2.75, 3.05) is 36.9 Å². The number of anilines is 3. The molecule has 0 atom stereocenters. The number of aryl methyl sites for hydroxylation is 1. The van der Waals surface area contributed by atoms with Gasteiger partial charge in [0.05, 0.1) is 5.56 Å². The standard InChI is InChI=1S/C21H31N5O/c1-6-9-12-25(5)20(27)17-14-22-21(23-15-17)24-19-11-10-18(13-16(19)4)26(7-2)8-3/h10-11,13-15H,6-9,12H2,1-5H3,(H,22,23,24). The van der Waals surface area contributed by atoms with Gasteiger partial charge in [0.15, 0.2) is 0 Å². The Labute approximate surface area is 162 Å². The molecule has 1 aromatic heterocycles. The van der Waals surface area contributed by atoms with Crippen molar-refractivity contribution in [3.63, 3.8) is 0 Å². The van der Waals surface area contributed by atoms with Crippen molar-refractivity contribution in [2.45, 2.75) is 40.5 Å². The smallest absolute Gasteiger partial charge is 0.256 e. The van der Waals surface area contributed by atoms with Crippen molar-refractivity contribution in [1.29, 1.82) is 0 Å². The van der Waals surface area contributed by atoms with Gasteiger partial charge < -0.3 is 15.1 Å². The van der Waals surface area contributed by atoms with Gasteiger partial charge >= 0.3 is 0 Å². The van der Waals surface area contributed by atoms with E-state index in [0.29, 0.717) is 11.5 Å². The second-order valence-corrected chi connectivity index (χ2v) is 6.67. The van der Waals surface area contributed by atoms with E-state index in [9.17, 15) is 4.79 Å². The predicted octanol–water partition coefficient (Wildman–Crippen LogP) is 4.25. The van der Waals surface area contributed by atoms with Crippen LogP contribution in [0, 0.1) is 6.92 Å².